The molecule has 0 aliphatic carbocycles. The second kappa shape index (κ2) is 2.88. The zero-order valence-corrected chi connectivity index (χ0v) is 7.09. The quantitative estimate of drug-likeness (QED) is 0.707. The number of aromatic nitrogens is 2. The van der Waals surface area contributed by atoms with Crippen molar-refractivity contribution in [1.29, 1.82) is 0 Å². The first kappa shape index (κ1) is 8.31. The van der Waals surface area contributed by atoms with E-state index in [0.29, 0.717) is 10.1 Å². The van der Waals surface area contributed by atoms with Crippen LogP contribution in [0.15, 0.2) is 22.6 Å². The SMILES string of the molecule is O=c1c2sccc2ncn1C(F)F. The number of halogens is 2. The molecule has 13 heavy (non-hydrogen) atoms. The smallest absolute Gasteiger partial charge is 0.267 e. The van der Waals surface area contributed by atoms with Crippen molar-refractivity contribution in [3.05, 3.63) is 28.1 Å². The third-order valence-corrected chi connectivity index (χ3v) is 2.50. The highest BCUT2D eigenvalue weighted by Gasteiger charge is 2.11. The van der Waals surface area contributed by atoms with Crippen LogP contribution in [-0.4, -0.2) is 9.55 Å². The van der Waals surface area contributed by atoms with Gasteiger partial charge < -0.3 is 0 Å². The van der Waals surface area contributed by atoms with Gasteiger partial charge in [-0.25, -0.2) is 9.55 Å². The summed E-state index contributed by atoms with van der Waals surface area (Å²) < 4.78 is 25.0. The molecule has 0 bridgehead atoms. The lowest BCUT2D eigenvalue weighted by Crippen LogP contribution is -2.19. The number of fused-ring (bicyclic) bond motifs is 1. The molecule has 0 saturated heterocycles. The van der Waals surface area contributed by atoms with Crippen LogP contribution >= 0.6 is 11.3 Å². The summed E-state index contributed by atoms with van der Waals surface area (Å²) in [5.74, 6) is 0. The average Bonchev–Trinajstić information content (AvgIpc) is 2.52. The summed E-state index contributed by atoms with van der Waals surface area (Å²) in [7, 11) is 0. The Morgan fingerprint density at radius 1 is 1.54 bits per heavy atom. The number of thiophene rings is 1. The summed E-state index contributed by atoms with van der Waals surface area (Å²) in [4.78, 5) is 15.0. The molecule has 0 spiro atoms. The lowest BCUT2D eigenvalue weighted by atomic mass is 10.5. The zero-order valence-electron chi connectivity index (χ0n) is 6.28. The van der Waals surface area contributed by atoms with Gasteiger partial charge in [0.05, 0.1) is 5.52 Å². The van der Waals surface area contributed by atoms with Gasteiger partial charge in [0, 0.05) is 0 Å². The molecule has 0 aliphatic rings. The van der Waals surface area contributed by atoms with E-state index in [1.54, 1.807) is 11.4 Å². The fourth-order valence-electron chi connectivity index (χ4n) is 0.997. The van der Waals surface area contributed by atoms with Gasteiger partial charge in [0.15, 0.2) is 0 Å². The molecule has 0 radical (unpaired) electrons. The minimum absolute atomic E-state index is 0.266. The van der Waals surface area contributed by atoms with E-state index in [2.05, 4.69) is 4.98 Å². The highest BCUT2D eigenvalue weighted by molar-refractivity contribution is 7.17. The summed E-state index contributed by atoms with van der Waals surface area (Å²) in [6.45, 7) is -2.83. The van der Waals surface area contributed by atoms with E-state index in [0.717, 1.165) is 17.7 Å². The van der Waals surface area contributed by atoms with Gasteiger partial charge in [-0.2, -0.15) is 8.78 Å². The van der Waals surface area contributed by atoms with Crippen molar-refractivity contribution in [2.45, 2.75) is 6.55 Å². The van der Waals surface area contributed by atoms with Gasteiger partial charge in [-0.05, 0) is 11.4 Å². The van der Waals surface area contributed by atoms with Crippen LogP contribution in [0, 0.1) is 0 Å². The van der Waals surface area contributed by atoms with Crippen molar-refractivity contribution in [1.82, 2.24) is 9.55 Å². The predicted molar refractivity (Wildman–Crippen MR) is 45.1 cm³/mol. The van der Waals surface area contributed by atoms with Crippen molar-refractivity contribution < 1.29 is 8.78 Å². The predicted octanol–water partition coefficient (Wildman–Crippen LogP) is 1.85. The summed E-state index contributed by atoms with van der Waals surface area (Å²) in [6, 6.07) is 1.62. The topological polar surface area (TPSA) is 34.9 Å². The first-order chi connectivity index (χ1) is 6.20. The minimum atomic E-state index is -2.83. The van der Waals surface area contributed by atoms with Crippen LogP contribution in [-0.2, 0) is 0 Å². The molecule has 0 saturated carbocycles. The van der Waals surface area contributed by atoms with Gasteiger partial charge in [0.1, 0.15) is 11.0 Å². The standard InChI is InChI=1S/C7H4F2N2OS/c8-7(9)11-3-10-4-1-2-13-5(4)6(11)12/h1-3,7H. The fourth-order valence-corrected chi connectivity index (χ4v) is 1.78. The van der Waals surface area contributed by atoms with E-state index in [9.17, 15) is 13.6 Å². The van der Waals surface area contributed by atoms with Crippen molar-refractivity contribution >= 4 is 21.6 Å². The molecule has 0 aliphatic heterocycles. The number of alkyl halides is 2. The Labute approximate surface area is 75.3 Å². The van der Waals surface area contributed by atoms with Crippen molar-refractivity contribution in [2.75, 3.05) is 0 Å². The number of hydrogen-bond acceptors (Lipinski definition) is 3. The number of nitrogens with zero attached hydrogens (tertiary/aromatic N) is 2. The van der Waals surface area contributed by atoms with Crippen molar-refractivity contribution in [2.24, 2.45) is 0 Å². The molecule has 0 fully saturated rings. The molecule has 68 valence electrons. The third-order valence-electron chi connectivity index (χ3n) is 1.60. The van der Waals surface area contributed by atoms with E-state index >= 15 is 0 Å². The van der Waals surface area contributed by atoms with Gasteiger partial charge >= 0.3 is 6.55 Å². The van der Waals surface area contributed by atoms with Crippen molar-refractivity contribution in [3.63, 3.8) is 0 Å². The van der Waals surface area contributed by atoms with Crippen LogP contribution < -0.4 is 5.56 Å². The summed E-state index contributed by atoms with van der Waals surface area (Å²) in [5, 5.41) is 1.65. The molecular formula is C7H4F2N2OS. The highest BCUT2D eigenvalue weighted by Crippen LogP contribution is 2.15. The Bertz CT molecular complexity index is 490. The number of hydrogen-bond donors (Lipinski definition) is 0. The Kier molecular flexibility index (Phi) is 1.84. The lowest BCUT2D eigenvalue weighted by molar-refractivity contribution is 0.0659. The van der Waals surface area contributed by atoms with Crippen LogP contribution in [0.25, 0.3) is 10.2 Å². The molecule has 2 aromatic heterocycles. The molecule has 0 unspecified atom stereocenters. The summed E-state index contributed by atoms with van der Waals surface area (Å²) in [6.07, 6.45) is 0.863. The Balaban J connectivity index is 2.81. The monoisotopic (exact) mass is 202 g/mol. The van der Waals surface area contributed by atoms with Gasteiger partial charge in [-0.3, -0.25) is 4.79 Å². The molecule has 2 heterocycles. The first-order valence-corrected chi connectivity index (χ1v) is 4.30. The second-order valence-corrected chi connectivity index (χ2v) is 3.29. The van der Waals surface area contributed by atoms with Gasteiger partial charge in [-0.15, -0.1) is 11.3 Å². The molecule has 0 N–H and O–H groups in total. The average molecular weight is 202 g/mol. The third kappa shape index (κ3) is 1.23. The maximum absolute atomic E-state index is 12.2. The van der Waals surface area contributed by atoms with E-state index in [-0.39, 0.29) is 4.70 Å². The number of rotatable bonds is 1. The molecule has 3 nitrogen and oxygen atoms in total. The molecule has 0 amide bonds. The Morgan fingerprint density at radius 3 is 3.00 bits per heavy atom. The normalized spacial score (nSPS) is 11.3. The molecule has 6 heteroatoms. The van der Waals surface area contributed by atoms with Crippen molar-refractivity contribution in [3.8, 4) is 0 Å². The van der Waals surface area contributed by atoms with E-state index < -0.39 is 12.1 Å². The fraction of sp³-hybridized carbons (Fsp3) is 0.143. The van der Waals surface area contributed by atoms with Crippen LogP contribution in [0.4, 0.5) is 8.78 Å². The van der Waals surface area contributed by atoms with Gasteiger partial charge in [0.25, 0.3) is 5.56 Å². The second-order valence-electron chi connectivity index (χ2n) is 2.37. The van der Waals surface area contributed by atoms with Gasteiger partial charge in [0.2, 0.25) is 0 Å². The molecular weight excluding hydrogens is 198 g/mol. The van der Waals surface area contributed by atoms with Crippen LogP contribution in [0.5, 0.6) is 0 Å². The van der Waals surface area contributed by atoms with Crippen LogP contribution in [0.1, 0.15) is 6.55 Å². The largest absolute Gasteiger partial charge is 0.322 e. The Hall–Kier alpha value is -1.30. The highest BCUT2D eigenvalue weighted by atomic mass is 32.1. The molecule has 2 aromatic rings. The first-order valence-electron chi connectivity index (χ1n) is 3.42. The van der Waals surface area contributed by atoms with Gasteiger partial charge in [-0.1, -0.05) is 0 Å². The van der Waals surface area contributed by atoms with E-state index in [1.807, 2.05) is 0 Å². The van der Waals surface area contributed by atoms with E-state index in [4.69, 9.17) is 0 Å². The lowest BCUT2D eigenvalue weighted by Gasteiger charge is -2.01. The summed E-state index contributed by atoms with van der Waals surface area (Å²) >= 11 is 1.12. The zero-order chi connectivity index (χ0) is 9.42. The summed E-state index contributed by atoms with van der Waals surface area (Å²) in [5.41, 5.74) is -0.220. The molecule has 2 rings (SSSR count). The maximum Gasteiger partial charge on any atom is 0.322 e. The minimum Gasteiger partial charge on any atom is -0.267 e. The van der Waals surface area contributed by atoms with Crippen LogP contribution in [0.2, 0.25) is 0 Å². The Morgan fingerprint density at radius 2 is 2.31 bits per heavy atom. The molecule has 0 aromatic carbocycles. The molecule has 0 atom stereocenters. The maximum atomic E-state index is 12.2. The van der Waals surface area contributed by atoms with Crippen LogP contribution in [0.3, 0.4) is 0 Å². The van der Waals surface area contributed by atoms with E-state index in [1.165, 1.54) is 0 Å².